The molecule has 0 radical (unpaired) electrons. The van der Waals surface area contributed by atoms with Crippen molar-refractivity contribution in [2.24, 2.45) is 16.3 Å². The van der Waals surface area contributed by atoms with Crippen molar-refractivity contribution in [1.29, 1.82) is 0 Å². The van der Waals surface area contributed by atoms with Crippen LogP contribution in [0.2, 0.25) is 0 Å². The highest BCUT2D eigenvalue weighted by Gasteiger charge is 2.27. The first-order valence-electron chi connectivity index (χ1n) is 11.3. The fourth-order valence-corrected chi connectivity index (χ4v) is 3.62. The number of rotatable bonds is 9. The summed E-state index contributed by atoms with van der Waals surface area (Å²) in [7, 11) is 0. The van der Waals surface area contributed by atoms with Gasteiger partial charge in [0.2, 0.25) is 0 Å². The minimum absolute atomic E-state index is 0. The number of halogens is 1. The van der Waals surface area contributed by atoms with Crippen LogP contribution in [0.1, 0.15) is 73.6 Å². The molecule has 0 aromatic rings. The fraction of sp³-hybridized carbons (Fsp3) is 0.909. The highest BCUT2D eigenvalue weighted by atomic mass is 127. The number of aliphatic hydroxyl groups excluding tert-OH is 1. The Morgan fingerprint density at radius 3 is 2.20 bits per heavy atom. The Kier molecular flexibility index (Phi) is 14.0. The molecule has 0 unspecified atom stereocenters. The summed E-state index contributed by atoms with van der Waals surface area (Å²) in [6, 6.07) is 0. The molecular formula is C22H45IN4O3. The van der Waals surface area contributed by atoms with Crippen molar-refractivity contribution in [3.63, 3.8) is 0 Å². The maximum absolute atomic E-state index is 12.2. The highest BCUT2D eigenvalue weighted by molar-refractivity contribution is 14.0. The number of carbonyl (C=O) groups excluding carboxylic acids is 1. The standard InChI is InChI=1S/C22H44N4O3.HI/c1-7-22(8-2,12-15-27)17-25-19(23-9-3)24-16-18-10-13-26(14-11-18)20(28)29-21(4,5)6;/h18,27H,7-17H2,1-6H3,(H2,23,24,25);1H. The number of nitrogens with one attached hydrogen (secondary N) is 2. The molecule has 0 saturated carbocycles. The Bertz CT molecular complexity index is 511. The third-order valence-electron chi connectivity index (χ3n) is 5.88. The van der Waals surface area contributed by atoms with Crippen LogP contribution in [0.25, 0.3) is 0 Å². The molecule has 1 aliphatic heterocycles. The molecule has 0 aliphatic carbocycles. The molecule has 0 spiro atoms. The average molecular weight is 541 g/mol. The summed E-state index contributed by atoms with van der Waals surface area (Å²) in [5.41, 5.74) is -0.384. The van der Waals surface area contributed by atoms with Crippen LogP contribution in [0.4, 0.5) is 4.79 Å². The van der Waals surface area contributed by atoms with Crippen LogP contribution in [0.3, 0.4) is 0 Å². The molecule has 0 aromatic carbocycles. The molecule has 1 rings (SSSR count). The van der Waals surface area contributed by atoms with Gasteiger partial charge in [0.25, 0.3) is 0 Å². The van der Waals surface area contributed by atoms with Crippen molar-refractivity contribution < 1.29 is 14.6 Å². The Morgan fingerprint density at radius 2 is 1.73 bits per heavy atom. The van der Waals surface area contributed by atoms with Gasteiger partial charge in [0, 0.05) is 39.3 Å². The fourth-order valence-electron chi connectivity index (χ4n) is 3.62. The van der Waals surface area contributed by atoms with Gasteiger partial charge in [-0.05, 0) is 71.1 Å². The molecule has 1 aliphatic rings. The first-order chi connectivity index (χ1) is 13.7. The summed E-state index contributed by atoms with van der Waals surface area (Å²) in [6.07, 6.45) is 4.52. The number of likely N-dealkylation sites (tertiary alicyclic amines) is 1. The third kappa shape index (κ3) is 10.5. The van der Waals surface area contributed by atoms with Crippen molar-refractivity contribution >= 4 is 36.0 Å². The van der Waals surface area contributed by atoms with Gasteiger partial charge in [-0.25, -0.2) is 4.79 Å². The third-order valence-corrected chi connectivity index (χ3v) is 5.88. The second-order valence-corrected chi connectivity index (χ2v) is 9.17. The first kappa shape index (κ1) is 29.2. The Labute approximate surface area is 200 Å². The van der Waals surface area contributed by atoms with Gasteiger partial charge < -0.3 is 25.4 Å². The van der Waals surface area contributed by atoms with Crippen molar-refractivity contribution in [1.82, 2.24) is 15.5 Å². The molecule has 0 aromatic heterocycles. The summed E-state index contributed by atoms with van der Waals surface area (Å²) in [5, 5.41) is 16.2. The van der Waals surface area contributed by atoms with E-state index in [0.717, 1.165) is 64.2 Å². The minimum Gasteiger partial charge on any atom is -0.444 e. The van der Waals surface area contributed by atoms with Crippen molar-refractivity contribution in [2.45, 2.75) is 79.2 Å². The van der Waals surface area contributed by atoms with Gasteiger partial charge in [-0.3, -0.25) is 4.99 Å². The minimum atomic E-state index is -0.450. The van der Waals surface area contributed by atoms with E-state index in [4.69, 9.17) is 9.73 Å². The molecule has 8 heteroatoms. The average Bonchev–Trinajstić information content (AvgIpc) is 2.68. The van der Waals surface area contributed by atoms with E-state index in [1.165, 1.54) is 0 Å². The number of carbonyl (C=O) groups is 1. The van der Waals surface area contributed by atoms with E-state index in [9.17, 15) is 9.90 Å². The molecule has 3 N–H and O–H groups in total. The summed E-state index contributed by atoms with van der Waals surface area (Å²) in [6.45, 7) is 16.2. The van der Waals surface area contributed by atoms with Crippen molar-refractivity contribution in [3.05, 3.63) is 0 Å². The number of guanidine groups is 1. The second kappa shape index (κ2) is 14.3. The summed E-state index contributed by atoms with van der Waals surface area (Å²) < 4.78 is 5.47. The zero-order valence-electron chi connectivity index (χ0n) is 19.9. The van der Waals surface area contributed by atoms with E-state index in [1.54, 1.807) is 0 Å². The number of aliphatic hydroxyl groups is 1. The molecule has 7 nitrogen and oxygen atoms in total. The molecule has 0 atom stereocenters. The molecule has 1 fully saturated rings. The molecule has 30 heavy (non-hydrogen) atoms. The Hall–Kier alpha value is -0.770. The molecule has 1 heterocycles. The second-order valence-electron chi connectivity index (χ2n) is 9.17. The van der Waals surface area contributed by atoms with Crippen LogP contribution >= 0.6 is 24.0 Å². The van der Waals surface area contributed by atoms with E-state index < -0.39 is 5.60 Å². The number of hydrogen-bond acceptors (Lipinski definition) is 4. The molecule has 178 valence electrons. The lowest BCUT2D eigenvalue weighted by atomic mass is 9.79. The summed E-state index contributed by atoms with van der Waals surface area (Å²) in [4.78, 5) is 18.8. The van der Waals surface area contributed by atoms with Crippen molar-refractivity contribution in [3.8, 4) is 0 Å². The normalized spacial score (nSPS) is 16.1. The van der Waals surface area contributed by atoms with Crippen LogP contribution in [-0.4, -0.2) is 67.0 Å². The molecular weight excluding hydrogens is 495 g/mol. The van der Waals surface area contributed by atoms with E-state index in [0.29, 0.717) is 12.5 Å². The predicted molar refractivity (Wildman–Crippen MR) is 135 cm³/mol. The molecule has 1 saturated heterocycles. The van der Waals surface area contributed by atoms with Gasteiger partial charge in [0.1, 0.15) is 5.60 Å². The van der Waals surface area contributed by atoms with Crippen molar-refractivity contribution in [2.75, 3.05) is 39.3 Å². The van der Waals surface area contributed by atoms with E-state index in [2.05, 4.69) is 31.4 Å². The molecule has 0 bridgehead atoms. The van der Waals surface area contributed by atoms with E-state index in [1.807, 2.05) is 25.7 Å². The quantitative estimate of drug-likeness (QED) is 0.234. The predicted octanol–water partition coefficient (Wildman–Crippen LogP) is 4.00. The highest BCUT2D eigenvalue weighted by Crippen LogP contribution is 2.30. The topological polar surface area (TPSA) is 86.2 Å². The van der Waals surface area contributed by atoms with Gasteiger partial charge in [0.05, 0.1) is 0 Å². The van der Waals surface area contributed by atoms with Gasteiger partial charge in [0.15, 0.2) is 5.96 Å². The van der Waals surface area contributed by atoms with E-state index >= 15 is 0 Å². The number of ether oxygens (including phenoxy) is 1. The maximum atomic E-state index is 12.2. The zero-order chi connectivity index (χ0) is 21.9. The summed E-state index contributed by atoms with van der Waals surface area (Å²) >= 11 is 0. The van der Waals surface area contributed by atoms with Gasteiger partial charge in [-0.15, -0.1) is 24.0 Å². The van der Waals surface area contributed by atoms with Crippen LogP contribution in [0, 0.1) is 11.3 Å². The van der Waals surface area contributed by atoms with Gasteiger partial charge >= 0.3 is 6.09 Å². The lowest BCUT2D eigenvalue weighted by molar-refractivity contribution is 0.0185. The summed E-state index contributed by atoms with van der Waals surface area (Å²) in [5.74, 6) is 1.35. The first-order valence-corrected chi connectivity index (χ1v) is 11.3. The smallest absolute Gasteiger partial charge is 0.410 e. The lowest BCUT2D eigenvalue weighted by Crippen LogP contribution is -2.45. The van der Waals surface area contributed by atoms with Gasteiger partial charge in [-0.1, -0.05) is 13.8 Å². The Morgan fingerprint density at radius 1 is 1.13 bits per heavy atom. The monoisotopic (exact) mass is 540 g/mol. The maximum Gasteiger partial charge on any atom is 0.410 e. The lowest BCUT2D eigenvalue weighted by Gasteiger charge is -2.33. The largest absolute Gasteiger partial charge is 0.444 e. The van der Waals surface area contributed by atoms with Gasteiger partial charge in [-0.2, -0.15) is 0 Å². The van der Waals surface area contributed by atoms with E-state index in [-0.39, 0.29) is 42.1 Å². The molecule has 1 amide bonds. The Balaban J connectivity index is 0.00000841. The number of piperidine rings is 1. The zero-order valence-corrected chi connectivity index (χ0v) is 22.3. The number of aliphatic imine (C=N–C) groups is 1. The van der Waals surface area contributed by atoms with Crippen LogP contribution < -0.4 is 10.6 Å². The van der Waals surface area contributed by atoms with Crippen LogP contribution in [-0.2, 0) is 4.74 Å². The van der Waals surface area contributed by atoms with Crippen LogP contribution in [0.5, 0.6) is 0 Å². The number of amides is 1. The number of hydrogen-bond donors (Lipinski definition) is 3. The SMILES string of the molecule is CCNC(=NCC(CC)(CC)CCO)NCC1CCN(C(=O)OC(C)(C)C)CC1.I. The number of nitrogens with zero attached hydrogens (tertiary/aromatic N) is 2. The van der Waals surface area contributed by atoms with Crippen LogP contribution in [0.15, 0.2) is 4.99 Å².